The minimum atomic E-state index is -0.475. The number of hydrogen-bond donors (Lipinski definition) is 1. The summed E-state index contributed by atoms with van der Waals surface area (Å²) in [6.07, 6.45) is 0.748. The highest BCUT2D eigenvalue weighted by Gasteiger charge is 2.35. The second kappa shape index (κ2) is 12.0. The van der Waals surface area contributed by atoms with E-state index in [1.54, 1.807) is 16.4 Å². The minimum absolute atomic E-state index is 0.356. The molecule has 1 N–H and O–H groups in total. The van der Waals surface area contributed by atoms with Crippen LogP contribution in [0.15, 0.2) is 101 Å². The lowest BCUT2D eigenvalue weighted by Crippen LogP contribution is -2.29. The third kappa shape index (κ3) is 5.92. The van der Waals surface area contributed by atoms with Crippen LogP contribution >= 0.6 is 11.8 Å². The van der Waals surface area contributed by atoms with E-state index in [-0.39, 0.29) is 5.97 Å². The lowest BCUT2D eigenvalue weighted by molar-refractivity contribution is -0.139. The SMILES string of the molecule is CCCOC(=O)C1=C(C)Nc2nc(SCc3ccccc3)nn2C1c1ccc(OCc2ccccc2)cc1. The number of carbonyl (C=O) groups excluding carboxylic acids is 1. The molecule has 0 fully saturated rings. The van der Waals surface area contributed by atoms with Gasteiger partial charge >= 0.3 is 5.97 Å². The summed E-state index contributed by atoms with van der Waals surface area (Å²) in [5.74, 6) is 1.74. The second-order valence-electron chi connectivity index (χ2n) is 8.98. The van der Waals surface area contributed by atoms with Crippen LogP contribution in [0, 0.1) is 0 Å². The molecule has 0 saturated heterocycles. The van der Waals surface area contributed by atoms with Gasteiger partial charge in [-0.05, 0) is 42.2 Å². The number of carbonyl (C=O) groups is 1. The molecular weight excluding hydrogens is 496 g/mol. The van der Waals surface area contributed by atoms with Crippen LogP contribution in [0.5, 0.6) is 5.75 Å². The maximum absolute atomic E-state index is 13.2. The first-order valence-corrected chi connectivity index (χ1v) is 13.7. The molecule has 1 unspecified atom stereocenters. The van der Waals surface area contributed by atoms with E-state index in [9.17, 15) is 4.79 Å². The van der Waals surface area contributed by atoms with Crippen LogP contribution in [0.3, 0.4) is 0 Å². The molecule has 0 saturated carbocycles. The van der Waals surface area contributed by atoms with Crippen LogP contribution in [-0.4, -0.2) is 27.3 Å². The van der Waals surface area contributed by atoms with Crippen molar-refractivity contribution in [2.75, 3.05) is 11.9 Å². The molecule has 38 heavy (non-hydrogen) atoms. The van der Waals surface area contributed by atoms with E-state index in [1.807, 2.05) is 86.6 Å². The van der Waals surface area contributed by atoms with Gasteiger partial charge in [0.1, 0.15) is 18.4 Å². The first-order chi connectivity index (χ1) is 18.6. The summed E-state index contributed by atoms with van der Waals surface area (Å²) in [6, 6.07) is 27.6. The third-order valence-electron chi connectivity index (χ3n) is 6.15. The van der Waals surface area contributed by atoms with Crippen molar-refractivity contribution in [3.05, 3.63) is 113 Å². The Morgan fingerprint density at radius 2 is 1.66 bits per heavy atom. The Kier molecular flexibility index (Phi) is 8.09. The van der Waals surface area contributed by atoms with Crippen LogP contribution in [-0.2, 0) is 21.9 Å². The van der Waals surface area contributed by atoms with E-state index < -0.39 is 6.04 Å². The highest BCUT2D eigenvalue weighted by molar-refractivity contribution is 7.98. The number of fused-ring (bicyclic) bond motifs is 1. The van der Waals surface area contributed by atoms with E-state index in [1.165, 1.54) is 5.56 Å². The number of anilines is 1. The van der Waals surface area contributed by atoms with Gasteiger partial charge < -0.3 is 14.8 Å². The standard InChI is InChI=1S/C30H30N4O3S/c1-3-18-36-28(35)26-21(2)31-29-32-30(38-20-23-12-8-5-9-13-23)33-34(29)27(26)24-14-16-25(17-15-24)37-19-22-10-6-4-7-11-22/h4-17,27H,3,18-20H2,1-2H3,(H,31,32,33). The number of nitrogens with zero attached hydrogens (tertiary/aromatic N) is 3. The minimum Gasteiger partial charge on any atom is -0.489 e. The van der Waals surface area contributed by atoms with Crippen LogP contribution in [0.25, 0.3) is 0 Å². The van der Waals surface area contributed by atoms with Crippen molar-refractivity contribution in [1.82, 2.24) is 14.8 Å². The zero-order valence-electron chi connectivity index (χ0n) is 21.5. The Labute approximate surface area is 226 Å². The average molecular weight is 527 g/mol. The lowest BCUT2D eigenvalue weighted by Gasteiger charge is -2.28. The molecule has 0 bridgehead atoms. The van der Waals surface area contributed by atoms with Gasteiger partial charge in [0.2, 0.25) is 11.1 Å². The molecule has 8 heteroatoms. The molecule has 0 radical (unpaired) electrons. The Morgan fingerprint density at radius 3 is 2.34 bits per heavy atom. The molecule has 4 aromatic rings. The van der Waals surface area contributed by atoms with Gasteiger partial charge in [-0.25, -0.2) is 9.48 Å². The van der Waals surface area contributed by atoms with Gasteiger partial charge in [-0.2, -0.15) is 4.98 Å². The molecule has 1 aliphatic rings. The summed E-state index contributed by atoms with van der Waals surface area (Å²) in [5, 5.41) is 8.71. The summed E-state index contributed by atoms with van der Waals surface area (Å²) in [7, 11) is 0. The van der Waals surface area contributed by atoms with E-state index in [2.05, 4.69) is 17.4 Å². The molecule has 2 heterocycles. The first-order valence-electron chi connectivity index (χ1n) is 12.7. The number of benzene rings is 3. The topological polar surface area (TPSA) is 78.3 Å². The van der Waals surface area contributed by atoms with Gasteiger partial charge in [-0.15, -0.1) is 5.10 Å². The predicted octanol–water partition coefficient (Wildman–Crippen LogP) is 6.39. The van der Waals surface area contributed by atoms with Gasteiger partial charge in [0.15, 0.2) is 0 Å². The number of esters is 1. The molecular formula is C30H30N4O3S. The fourth-order valence-corrected chi connectivity index (χ4v) is 5.03. The Morgan fingerprint density at radius 1 is 0.974 bits per heavy atom. The molecule has 1 atom stereocenters. The van der Waals surface area contributed by atoms with Crippen LogP contribution in [0.2, 0.25) is 0 Å². The predicted molar refractivity (Wildman–Crippen MR) is 149 cm³/mol. The number of rotatable bonds is 10. The van der Waals surface area contributed by atoms with Crippen molar-refractivity contribution < 1.29 is 14.3 Å². The summed E-state index contributed by atoms with van der Waals surface area (Å²) in [6.45, 7) is 4.69. The molecule has 5 rings (SSSR count). The number of nitrogens with one attached hydrogen (secondary N) is 1. The van der Waals surface area contributed by atoms with Crippen LogP contribution in [0.1, 0.15) is 43.0 Å². The van der Waals surface area contributed by atoms with Crippen molar-refractivity contribution in [2.24, 2.45) is 0 Å². The first kappa shape index (κ1) is 25.6. The summed E-state index contributed by atoms with van der Waals surface area (Å²) >= 11 is 1.56. The van der Waals surface area contributed by atoms with Gasteiger partial charge in [-0.1, -0.05) is 91.5 Å². The van der Waals surface area contributed by atoms with Crippen molar-refractivity contribution in [3.8, 4) is 5.75 Å². The monoisotopic (exact) mass is 526 g/mol. The van der Waals surface area contributed by atoms with E-state index in [4.69, 9.17) is 19.6 Å². The zero-order chi connectivity index (χ0) is 26.3. The summed E-state index contributed by atoms with van der Waals surface area (Å²) in [5.41, 5.74) is 4.42. The van der Waals surface area contributed by atoms with E-state index in [0.717, 1.165) is 29.1 Å². The quantitative estimate of drug-likeness (QED) is 0.189. The number of thioether (sulfide) groups is 1. The normalized spacial score (nSPS) is 14.5. The van der Waals surface area contributed by atoms with E-state index >= 15 is 0 Å². The number of ether oxygens (including phenoxy) is 2. The second-order valence-corrected chi connectivity index (χ2v) is 9.92. The van der Waals surface area contributed by atoms with Gasteiger partial charge in [0.25, 0.3) is 0 Å². The number of aromatic nitrogens is 3. The fraction of sp³-hybridized carbons (Fsp3) is 0.233. The molecule has 3 aromatic carbocycles. The third-order valence-corrected chi connectivity index (χ3v) is 7.05. The van der Waals surface area contributed by atoms with Crippen molar-refractivity contribution in [2.45, 2.75) is 43.8 Å². The Bertz CT molecular complexity index is 1400. The Hall–Kier alpha value is -4.04. The zero-order valence-corrected chi connectivity index (χ0v) is 22.3. The lowest BCUT2D eigenvalue weighted by atomic mass is 9.96. The number of hydrogen-bond acceptors (Lipinski definition) is 7. The van der Waals surface area contributed by atoms with Crippen molar-refractivity contribution >= 4 is 23.7 Å². The summed E-state index contributed by atoms with van der Waals surface area (Å²) < 4.78 is 13.3. The highest BCUT2D eigenvalue weighted by atomic mass is 32.2. The largest absolute Gasteiger partial charge is 0.489 e. The maximum Gasteiger partial charge on any atom is 0.338 e. The van der Waals surface area contributed by atoms with E-state index in [0.29, 0.717) is 35.6 Å². The summed E-state index contributed by atoms with van der Waals surface area (Å²) in [4.78, 5) is 17.9. The number of allylic oxidation sites excluding steroid dienone is 1. The van der Waals surface area contributed by atoms with Crippen LogP contribution in [0.4, 0.5) is 5.95 Å². The Balaban J connectivity index is 1.41. The molecule has 0 spiro atoms. The molecule has 1 aromatic heterocycles. The molecule has 0 aliphatic carbocycles. The van der Waals surface area contributed by atoms with Gasteiger partial charge in [0.05, 0.1) is 12.2 Å². The molecule has 1 aliphatic heterocycles. The van der Waals surface area contributed by atoms with Crippen molar-refractivity contribution in [1.29, 1.82) is 0 Å². The van der Waals surface area contributed by atoms with Gasteiger partial charge in [-0.3, -0.25) is 0 Å². The maximum atomic E-state index is 13.2. The smallest absolute Gasteiger partial charge is 0.338 e. The molecule has 194 valence electrons. The molecule has 0 amide bonds. The fourth-order valence-electron chi connectivity index (χ4n) is 4.25. The van der Waals surface area contributed by atoms with Crippen molar-refractivity contribution in [3.63, 3.8) is 0 Å². The van der Waals surface area contributed by atoms with Gasteiger partial charge in [0, 0.05) is 11.4 Å². The molecule has 7 nitrogen and oxygen atoms in total. The highest BCUT2D eigenvalue weighted by Crippen LogP contribution is 2.37. The average Bonchev–Trinajstić information content (AvgIpc) is 3.36. The van der Waals surface area contributed by atoms with Crippen LogP contribution < -0.4 is 10.1 Å².